The number of aliphatic hydroxyl groups is 1. The number of carbonyl (C=O) groups excluding carboxylic acids is 1. The molecule has 0 spiro atoms. The Morgan fingerprint density at radius 3 is 2.61 bits per heavy atom. The minimum absolute atomic E-state index is 0.0469. The van der Waals surface area contributed by atoms with Crippen molar-refractivity contribution in [1.29, 1.82) is 0 Å². The second kappa shape index (κ2) is 9.70. The van der Waals surface area contributed by atoms with Gasteiger partial charge in [-0.05, 0) is 49.1 Å². The molecule has 0 fully saturated rings. The molecule has 0 aliphatic rings. The fraction of sp³-hybridized carbons (Fsp3) is 0.348. The number of pyridine rings is 2. The molecule has 8 heteroatoms. The zero-order valence-electron chi connectivity index (χ0n) is 17.6. The molecular formula is C23H26FN3O4. The van der Waals surface area contributed by atoms with Gasteiger partial charge in [0.1, 0.15) is 16.9 Å². The molecule has 0 bridgehead atoms. The number of aryl methyl sites for hydroxylation is 1. The molecule has 3 aromatic rings. The van der Waals surface area contributed by atoms with E-state index in [4.69, 9.17) is 0 Å². The van der Waals surface area contributed by atoms with Crippen LogP contribution in [0.25, 0.3) is 11.0 Å². The van der Waals surface area contributed by atoms with Gasteiger partial charge in [-0.1, -0.05) is 25.5 Å². The van der Waals surface area contributed by atoms with Crippen LogP contribution >= 0.6 is 0 Å². The zero-order valence-corrected chi connectivity index (χ0v) is 17.6. The number of hydrogen-bond acceptors (Lipinski definition) is 5. The molecule has 1 aromatic carbocycles. The number of amides is 1. The summed E-state index contributed by atoms with van der Waals surface area (Å²) in [5.41, 5.74) is 1.26. The van der Waals surface area contributed by atoms with Gasteiger partial charge in [0, 0.05) is 19.3 Å². The van der Waals surface area contributed by atoms with Crippen molar-refractivity contribution in [1.82, 2.24) is 14.9 Å². The second-order valence-electron chi connectivity index (χ2n) is 7.61. The molecule has 2 aromatic heterocycles. The van der Waals surface area contributed by atoms with Gasteiger partial charge < -0.3 is 20.1 Å². The fourth-order valence-electron chi connectivity index (χ4n) is 3.35. The average molecular weight is 427 g/mol. The summed E-state index contributed by atoms with van der Waals surface area (Å²) in [6.45, 7) is 3.81. The third-order valence-electron chi connectivity index (χ3n) is 4.98. The highest BCUT2D eigenvalue weighted by molar-refractivity contribution is 6.01. The smallest absolute Gasteiger partial charge is 0.267 e. The Kier molecular flexibility index (Phi) is 7.02. The van der Waals surface area contributed by atoms with Crippen molar-refractivity contribution in [2.75, 3.05) is 6.54 Å². The Morgan fingerprint density at radius 2 is 1.97 bits per heavy atom. The van der Waals surface area contributed by atoms with Gasteiger partial charge in [-0.2, -0.15) is 0 Å². The molecule has 1 amide bonds. The van der Waals surface area contributed by atoms with Gasteiger partial charge in [-0.3, -0.25) is 14.6 Å². The van der Waals surface area contributed by atoms with Gasteiger partial charge in [-0.25, -0.2) is 4.39 Å². The number of halogens is 1. The van der Waals surface area contributed by atoms with Crippen LogP contribution in [0, 0.1) is 5.82 Å². The van der Waals surface area contributed by atoms with Crippen molar-refractivity contribution in [2.45, 2.75) is 45.8 Å². The van der Waals surface area contributed by atoms with Crippen molar-refractivity contribution < 1.29 is 19.4 Å². The maximum Gasteiger partial charge on any atom is 0.267 e. The highest BCUT2D eigenvalue weighted by Gasteiger charge is 2.23. The summed E-state index contributed by atoms with van der Waals surface area (Å²) in [6, 6.07) is 7.88. The maximum atomic E-state index is 13.2. The third kappa shape index (κ3) is 5.08. The lowest BCUT2D eigenvalue weighted by atomic mass is 10.0. The molecule has 0 radical (unpaired) electrons. The number of aromatic hydroxyl groups is 1. The number of nitrogens with one attached hydrogen (secondary N) is 1. The van der Waals surface area contributed by atoms with E-state index in [1.807, 2.05) is 6.92 Å². The molecule has 1 unspecified atom stereocenters. The minimum atomic E-state index is -0.791. The van der Waals surface area contributed by atoms with Crippen LogP contribution in [0.3, 0.4) is 0 Å². The summed E-state index contributed by atoms with van der Waals surface area (Å²) < 4.78 is 14.6. The normalized spacial score (nSPS) is 12.1. The molecule has 2 heterocycles. The zero-order chi connectivity index (χ0) is 22.5. The van der Waals surface area contributed by atoms with Gasteiger partial charge in [-0.15, -0.1) is 0 Å². The lowest BCUT2D eigenvalue weighted by molar-refractivity contribution is 0.0919. The highest BCUT2D eigenvalue weighted by Crippen LogP contribution is 2.26. The number of carbonyl (C=O) groups is 1. The molecule has 3 rings (SSSR count). The Bertz CT molecular complexity index is 1140. The number of aliphatic hydroxyl groups excluding tert-OH is 1. The number of hydrogen-bond donors (Lipinski definition) is 3. The topological polar surface area (TPSA) is 104 Å². The van der Waals surface area contributed by atoms with Crippen LogP contribution in [0.2, 0.25) is 0 Å². The van der Waals surface area contributed by atoms with E-state index in [9.17, 15) is 24.2 Å². The summed E-state index contributed by atoms with van der Waals surface area (Å²) in [4.78, 5) is 30.0. The first-order valence-corrected chi connectivity index (χ1v) is 10.3. The predicted octanol–water partition coefficient (Wildman–Crippen LogP) is 2.74. The molecule has 0 saturated heterocycles. The van der Waals surface area contributed by atoms with E-state index in [1.165, 1.54) is 23.6 Å². The van der Waals surface area contributed by atoms with Crippen LogP contribution in [0.15, 0.2) is 41.3 Å². The monoisotopic (exact) mass is 427 g/mol. The summed E-state index contributed by atoms with van der Waals surface area (Å²) in [5, 5.41) is 22.5. The number of rotatable bonds is 8. The lowest BCUT2D eigenvalue weighted by Crippen LogP contribution is -2.36. The number of unbranched alkanes of at least 4 members (excludes halogenated alkanes) is 1. The van der Waals surface area contributed by atoms with E-state index in [0.717, 1.165) is 17.5 Å². The van der Waals surface area contributed by atoms with Crippen LogP contribution < -0.4 is 10.9 Å². The van der Waals surface area contributed by atoms with Crippen molar-refractivity contribution in [3.8, 4) is 5.75 Å². The predicted molar refractivity (Wildman–Crippen MR) is 116 cm³/mol. The van der Waals surface area contributed by atoms with E-state index in [0.29, 0.717) is 24.9 Å². The van der Waals surface area contributed by atoms with Gasteiger partial charge in [0.05, 0.1) is 11.6 Å². The molecule has 0 saturated carbocycles. The first-order chi connectivity index (χ1) is 14.8. The first kappa shape index (κ1) is 22.4. The molecule has 31 heavy (non-hydrogen) atoms. The number of nitrogens with zero attached hydrogens (tertiary/aromatic N) is 2. The first-order valence-electron chi connectivity index (χ1n) is 10.3. The maximum absolute atomic E-state index is 13.2. The van der Waals surface area contributed by atoms with Crippen LogP contribution in [0.4, 0.5) is 4.39 Å². The molecular weight excluding hydrogens is 401 g/mol. The van der Waals surface area contributed by atoms with Gasteiger partial charge in [0.15, 0.2) is 5.75 Å². The molecule has 0 aliphatic carbocycles. The number of fused-ring (bicyclic) bond motifs is 1. The van der Waals surface area contributed by atoms with E-state index in [2.05, 4.69) is 10.3 Å². The summed E-state index contributed by atoms with van der Waals surface area (Å²) in [7, 11) is 0. The molecule has 3 N–H and O–H groups in total. The van der Waals surface area contributed by atoms with E-state index >= 15 is 0 Å². The van der Waals surface area contributed by atoms with Crippen molar-refractivity contribution in [2.24, 2.45) is 0 Å². The van der Waals surface area contributed by atoms with E-state index in [-0.39, 0.29) is 23.4 Å². The standard InChI is InChI=1S/C23H26FN3O4/c1-3-4-9-27-18-11-16(10-15-5-7-17(24)8-6-15)13-25-20(18)21(29)19(23(27)31)22(30)26-12-14(2)28/h5-8,11,13-14,28-29H,3-4,9-10,12H2,1-2H3,(H,26,30). The quantitative estimate of drug-likeness (QED) is 0.513. The second-order valence-corrected chi connectivity index (χ2v) is 7.61. The summed E-state index contributed by atoms with van der Waals surface area (Å²) in [6.07, 6.45) is 2.79. The molecule has 1 atom stereocenters. The number of benzene rings is 1. The van der Waals surface area contributed by atoms with E-state index < -0.39 is 23.3 Å². The average Bonchev–Trinajstić information content (AvgIpc) is 2.74. The van der Waals surface area contributed by atoms with Crippen LogP contribution in [0.5, 0.6) is 5.75 Å². The van der Waals surface area contributed by atoms with Crippen molar-refractivity contribution in [3.05, 3.63) is 69.4 Å². The minimum Gasteiger partial charge on any atom is -0.505 e. The highest BCUT2D eigenvalue weighted by atomic mass is 19.1. The Hall–Kier alpha value is -3.26. The molecule has 164 valence electrons. The largest absolute Gasteiger partial charge is 0.505 e. The van der Waals surface area contributed by atoms with Gasteiger partial charge in [0.2, 0.25) is 0 Å². The summed E-state index contributed by atoms with van der Waals surface area (Å²) >= 11 is 0. The van der Waals surface area contributed by atoms with Crippen LogP contribution in [0.1, 0.15) is 48.2 Å². The van der Waals surface area contributed by atoms with Crippen molar-refractivity contribution in [3.63, 3.8) is 0 Å². The lowest BCUT2D eigenvalue weighted by Gasteiger charge is -2.15. The molecule has 7 nitrogen and oxygen atoms in total. The summed E-state index contributed by atoms with van der Waals surface area (Å²) in [5.74, 6) is -1.56. The Balaban J connectivity index is 2.09. The number of aromatic nitrogens is 2. The Morgan fingerprint density at radius 1 is 1.26 bits per heavy atom. The third-order valence-corrected chi connectivity index (χ3v) is 4.98. The fourth-order valence-corrected chi connectivity index (χ4v) is 3.35. The van der Waals surface area contributed by atoms with Crippen LogP contribution in [-0.2, 0) is 13.0 Å². The van der Waals surface area contributed by atoms with Crippen molar-refractivity contribution >= 4 is 16.9 Å². The van der Waals surface area contributed by atoms with E-state index in [1.54, 1.807) is 24.4 Å². The van der Waals surface area contributed by atoms with Crippen LogP contribution in [-0.4, -0.2) is 38.3 Å². The van der Waals surface area contributed by atoms with Gasteiger partial charge >= 0.3 is 0 Å². The Labute approximate surface area is 179 Å². The van der Waals surface area contributed by atoms with Gasteiger partial charge in [0.25, 0.3) is 11.5 Å². The molecule has 0 aliphatic heterocycles. The SMILES string of the molecule is CCCCn1c(=O)c(C(=O)NCC(C)O)c(O)c2ncc(Cc3ccc(F)cc3)cc21.